The zero-order chi connectivity index (χ0) is 15.4. The molecule has 0 saturated carbocycles. The summed E-state index contributed by atoms with van der Waals surface area (Å²) < 4.78 is 4.56. The molecule has 0 bridgehead atoms. The Kier molecular flexibility index (Phi) is 4.74. The summed E-state index contributed by atoms with van der Waals surface area (Å²) >= 11 is 0. The minimum absolute atomic E-state index is 0.0615. The van der Waals surface area contributed by atoms with E-state index in [4.69, 9.17) is 5.73 Å². The Morgan fingerprint density at radius 1 is 1.48 bits per heavy atom. The molecular weight excluding hydrogens is 274 g/mol. The van der Waals surface area contributed by atoms with Crippen LogP contribution in [0.25, 0.3) is 0 Å². The molecule has 1 aromatic rings. The van der Waals surface area contributed by atoms with Crippen LogP contribution in [0.5, 0.6) is 0 Å². The van der Waals surface area contributed by atoms with Crippen molar-refractivity contribution >= 4 is 17.3 Å². The number of rotatable bonds is 5. The van der Waals surface area contributed by atoms with Crippen molar-refractivity contribution in [3.63, 3.8) is 0 Å². The lowest BCUT2D eigenvalue weighted by atomic mass is 10.0. The van der Waals surface area contributed by atoms with Gasteiger partial charge in [0.15, 0.2) is 0 Å². The summed E-state index contributed by atoms with van der Waals surface area (Å²) in [6.45, 7) is 1.67. The maximum absolute atomic E-state index is 11.3. The quantitative estimate of drug-likeness (QED) is 0.498. The van der Waals surface area contributed by atoms with Gasteiger partial charge in [0, 0.05) is 19.2 Å². The summed E-state index contributed by atoms with van der Waals surface area (Å²) in [6.07, 6.45) is 2.31. The molecular formula is C14H19N3O4. The molecule has 0 radical (unpaired) electrons. The van der Waals surface area contributed by atoms with Gasteiger partial charge in [0.25, 0.3) is 5.69 Å². The molecule has 0 amide bonds. The van der Waals surface area contributed by atoms with Gasteiger partial charge in [-0.1, -0.05) is 6.07 Å². The molecule has 1 aromatic carbocycles. The number of methoxy groups -OCH3 is 1. The summed E-state index contributed by atoms with van der Waals surface area (Å²) in [6, 6.07) is 4.20. The van der Waals surface area contributed by atoms with Crippen LogP contribution in [0, 0.1) is 10.1 Å². The van der Waals surface area contributed by atoms with E-state index in [0.717, 1.165) is 25.9 Å². The highest BCUT2D eigenvalue weighted by molar-refractivity contribution is 5.76. The fourth-order valence-electron chi connectivity index (χ4n) is 2.56. The number of benzene rings is 1. The first-order chi connectivity index (χ1) is 10.0. The number of nitro benzene ring substituents is 1. The molecule has 1 aliphatic rings. The Hall–Kier alpha value is -2.15. The second-order valence-electron chi connectivity index (χ2n) is 5.11. The van der Waals surface area contributed by atoms with Gasteiger partial charge in [0.1, 0.15) is 11.7 Å². The van der Waals surface area contributed by atoms with Crippen molar-refractivity contribution < 1.29 is 14.5 Å². The Morgan fingerprint density at radius 2 is 2.14 bits per heavy atom. The molecule has 1 fully saturated rings. The third kappa shape index (κ3) is 3.49. The zero-order valence-electron chi connectivity index (χ0n) is 11.9. The molecule has 1 aliphatic heterocycles. The largest absolute Gasteiger partial charge is 0.468 e. The molecule has 1 heterocycles. The predicted octanol–water partition coefficient (Wildman–Crippen LogP) is 1.24. The van der Waals surface area contributed by atoms with Gasteiger partial charge in [-0.05, 0) is 30.9 Å². The molecule has 2 rings (SSSR count). The molecule has 0 aromatic heterocycles. The lowest BCUT2D eigenvalue weighted by Crippen LogP contribution is -2.33. The van der Waals surface area contributed by atoms with Crippen LogP contribution in [-0.4, -0.2) is 37.1 Å². The van der Waals surface area contributed by atoms with Gasteiger partial charge >= 0.3 is 5.97 Å². The molecule has 1 saturated heterocycles. The first kappa shape index (κ1) is 15.2. The van der Waals surface area contributed by atoms with Gasteiger partial charge in [-0.3, -0.25) is 14.9 Å². The lowest BCUT2D eigenvalue weighted by molar-refractivity contribution is -0.384. The van der Waals surface area contributed by atoms with Crippen LogP contribution >= 0.6 is 0 Å². The second kappa shape index (κ2) is 6.53. The number of ether oxygens (including phenoxy) is 1. The van der Waals surface area contributed by atoms with Crippen molar-refractivity contribution in [3.8, 4) is 0 Å². The van der Waals surface area contributed by atoms with Crippen LogP contribution in [0.3, 0.4) is 0 Å². The van der Waals surface area contributed by atoms with Crippen molar-refractivity contribution in [2.75, 3.05) is 25.1 Å². The number of carbonyl (C=O) groups is 1. The highest BCUT2D eigenvalue weighted by Gasteiger charge is 2.23. The number of hydrogen-bond acceptors (Lipinski definition) is 6. The number of anilines is 1. The third-order valence-corrected chi connectivity index (χ3v) is 3.64. The highest BCUT2D eigenvalue weighted by atomic mass is 16.6. The van der Waals surface area contributed by atoms with Gasteiger partial charge in [-0.15, -0.1) is 0 Å². The standard InChI is InChI=1S/C14H19N3O4/c1-21-14(18)11(15)8-10-4-5-12(13(9-10)17(19)20)16-6-2-3-7-16/h4-5,9,11H,2-3,6-8,15H2,1H3. The summed E-state index contributed by atoms with van der Waals surface area (Å²) in [5.41, 5.74) is 7.04. The second-order valence-corrected chi connectivity index (χ2v) is 5.11. The van der Waals surface area contributed by atoms with E-state index in [1.54, 1.807) is 12.1 Å². The Bertz CT molecular complexity index is 541. The monoisotopic (exact) mass is 293 g/mol. The summed E-state index contributed by atoms with van der Waals surface area (Å²) in [5, 5.41) is 11.3. The summed E-state index contributed by atoms with van der Waals surface area (Å²) in [7, 11) is 1.26. The lowest BCUT2D eigenvalue weighted by Gasteiger charge is -2.18. The number of nitro groups is 1. The highest BCUT2D eigenvalue weighted by Crippen LogP contribution is 2.31. The van der Waals surface area contributed by atoms with E-state index in [9.17, 15) is 14.9 Å². The van der Waals surface area contributed by atoms with E-state index in [-0.39, 0.29) is 17.0 Å². The normalized spacial score (nSPS) is 15.8. The van der Waals surface area contributed by atoms with Crippen LogP contribution in [-0.2, 0) is 16.0 Å². The Labute approximate surface area is 122 Å². The van der Waals surface area contributed by atoms with Crippen LogP contribution in [0.1, 0.15) is 18.4 Å². The molecule has 0 aliphatic carbocycles. The molecule has 0 spiro atoms. The molecule has 7 nitrogen and oxygen atoms in total. The number of esters is 1. The van der Waals surface area contributed by atoms with Crippen molar-refractivity contribution in [3.05, 3.63) is 33.9 Å². The average molecular weight is 293 g/mol. The topological polar surface area (TPSA) is 98.7 Å². The van der Waals surface area contributed by atoms with Crippen molar-refractivity contribution in [1.29, 1.82) is 0 Å². The molecule has 1 unspecified atom stereocenters. The number of hydrogen-bond donors (Lipinski definition) is 1. The van der Waals surface area contributed by atoms with Crippen molar-refractivity contribution in [2.24, 2.45) is 5.73 Å². The first-order valence-electron chi connectivity index (χ1n) is 6.88. The number of carbonyl (C=O) groups excluding carboxylic acids is 1. The van der Waals surface area contributed by atoms with Gasteiger partial charge in [0.2, 0.25) is 0 Å². The number of nitrogens with two attached hydrogens (primary N) is 1. The minimum atomic E-state index is -0.813. The zero-order valence-corrected chi connectivity index (χ0v) is 11.9. The summed E-state index contributed by atoms with van der Waals surface area (Å²) in [5.74, 6) is -0.527. The smallest absolute Gasteiger partial charge is 0.322 e. The fraction of sp³-hybridized carbons (Fsp3) is 0.500. The molecule has 114 valence electrons. The van der Waals surface area contributed by atoms with Crippen LogP contribution in [0.4, 0.5) is 11.4 Å². The van der Waals surface area contributed by atoms with E-state index < -0.39 is 12.0 Å². The fourth-order valence-corrected chi connectivity index (χ4v) is 2.56. The predicted molar refractivity (Wildman–Crippen MR) is 78.2 cm³/mol. The Morgan fingerprint density at radius 3 is 2.71 bits per heavy atom. The van der Waals surface area contributed by atoms with E-state index >= 15 is 0 Å². The van der Waals surface area contributed by atoms with E-state index in [1.807, 2.05) is 4.90 Å². The molecule has 2 N–H and O–H groups in total. The van der Waals surface area contributed by atoms with Crippen molar-refractivity contribution in [2.45, 2.75) is 25.3 Å². The first-order valence-corrected chi connectivity index (χ1v) is 6.88. The molecule has 1 atom stereocenters. The maximum Gasteiger partial charge on any atom is 0.322 e. The SMILES string of the molecule is COC(=O)C(N)Cc1ccc(N2CCCC2)c([N+](=O)[O-])c1. The number of nitrogens with zero attached hydrogens (tertiary/aromatic N) is 2. The Balaban J connectivity index is 2.23. The van der Waals surface area contributed by atoms with Crippen LogP contribution < -0.4 is 10.6 Å². The van der Waals surface area contributed by atoms with Crippen molar-refractivity contribution in [1.82, 2.24) is 0 Å². The van der Waals surface area contributed by atoms with Gasteiger partial charge in [-0.25, -0.2) is 0 Å². The van der Waals surface area contributed by atoms with Gasteiger partial charge < -0.3 is 15.4 Å². The molecule has 7 heteroatoms. The van der Waals surface area contributed by atoms with Crippen LogP contribution in [0.15, 0.2) is 18.2 Å². The van der Waals surface area contributed by atoms with Gasteiger partial charge in [-0.2, -0.15) is 0 Å². The molecule has 21 heavy (non-hydrogen) atoms. The summed E-state index contributed by atoms with van der Waals surface area (Å²) in [4.78, 5) is 24.2. The van der Waals surface area contributed by atoms with Gasteiger partial charge in [0.05, 0.1) is 12.0 Å². The van der Waals surface area contributed by atoms with E-state index in [1.165, 1.54) is 13.2 Å². The average Bonchev–Trinajstić information content (AvgIpc) is 3.00. The third-order valence-electron chi connectivity index (χ3n) is 3.64. The van der Waals surface area contributed by atoms with E-state index in [2.05, 4.69) is 4.74 Å². The maximum atomic E-state index is 11.3. The minimum Gasteiger partial charge on any atom is -0.468 e. The van der Waals surface area contributed by atoms with Crippen LogP contribution in [0.2, 0.25) is 0 Å². The van der Waals surface area contributed by atoms with E-state index in [0.29, 0.717) is 11.3 Å².